The summed E-state index contributed by atoms with van der Waals surface area (Å²) in [4.78, 5) is 1.51. The first kappa shape index (κ1) is 28.1. The average molecular weight is 525 g/mol. The highest BCUT2D eigenvalue weighted by Crippen LogP contribution is 2.39. The van der Waals surface area contributed by atoms with Crippen LogP contribution in [0.15, 0.2) is 91.0 Å². The van der Waals surface area contributed by atoms with Gasteiger partial charge in [0.25, 0.3) is 0 Å². The van der Waals surface area contributed by atoms with Crippen molar-refractivity contribution in [1.29, 1.82) is 0 Å². The van der Waals surface area contributed by atoms with Crippen molar-refractivity contribution in [3.05, 3.63) is 108 Å². The van der Waals surface area contributed by atoms with E-state index in [1.54, 1.807) is 60.7 Å². The number of halogens is 5. The van der Waals surface area contributed by atoms with E-state index in [1.807, 2.05) is 30.3 Å². The molecule has 1 fully saturated rings. The Morgan fingerprint density at radius 3 is 1.50 bits per heavy atom. The van der Waals surface area contributed by atoms with Gasteiger partial charge in [0.05, 0.1) is 0 Å². The zero-order chi connectivity index (χ0) is 24.6. The molecule has 4 rings (SSSR count). The predicted octanol–water partition coefficient (Wildman–Crippen LogP) is 7.08. The van der Waals surface area contributed by atoms with Gasteiger partial charge in [-0.2, -0.15) is 17.6 Å². The Morgan fingerprint density at radius 1 is 0.667 bits per heavy atom. The van der Waals surface area contributed by atoms with Gasteiger partial charge in [0.2, 0.25) is 0 Å². The van der Waals surface area contributed by atoms with Crippen LogP contribution in [0, 0.1) is 0 Å². The fourth-order valence-electron chi connectivity index (χ4n) is 4.64. The van der Waals surface area contributed by atoms with Crippen LogP contribution in [-0.2, 0) is 9.47 Å². The van der Waals surface area contributed by atoms with Crippen LogP contribution < -0.4 is 5.32 Å². The van der Waals surface area contributed by atoms with E-state index in [0.717, 1.165) is 5.56 Å². The molecule has 0 spiro atoms. The topological polar surface area (TPSA) is 33.7 Å². The van der Waals surface area contributed by atoms with Crippen LogP contribution >= 0.6 is 12.4 Å². The van der Waals surface area contributed by atoms with Gasteiger partial charge in [-0.15, -0.1) is 12.4 Å². The van der Waals surface area contributed by atoms with Crippen LogP contribution in [0.3, 0.4) is 0 Å². The molecule has 0 aromatic heterocycles. The van der Waals surface area contributed by atoms with E-state index in [2.05, 4.69) is 5.32 Å². The van der Waals surface area contributed by atoms with Gasteiger partial charge in [-0.25, -0.2) is 4.90 Å². The summed E-state index contributed by atoms with van der Waals surface area (Å²) >= 11 is 0. The SMILES string of the molecule is Cl.FC(F)OC(c1ccccc1)N(C1CCC(c2ccccc2)NC1)C(OC(F)F)c1ccccc1. The quantitative estimate of drug-likeness (QED) is 0.227. The summed E-state index contributed by atoms with van der Waals surface area (Å²) in [5, 5.41) is 3.46. The molecule has 3 aromatic rings. The Morgan fingerprint density at radius 2 is 1.11 bits per heavy atom. The first-order chi connectivity index (χ1) is 17.0. The molecular weight excluding hydrogens is 496 g/mol. The monoisotopic (exact) mass is 524 g/mol. The van der Waals surface area contributed by atoms with Crippen molar-refractivity contribution in [3.8, 4) is 0 Å². The minimum absolute atomic E-state index is 0. The van der Waals surface area contributed by atoms with Crippen molar-refractivity contribution in [2.75, 3.05) is 6.54 Å². The van der Waals surface area contributed by atoms with Crippen molar-refractivity contribution in [2.45, 2.75) is 50.6 Å². The summed E-state index contributed by atoms with van der Waals surface area (Å²) in [6.07, 6.45) is -1.35. The lowest BCUT2D eigenvalue weighted by molar-refractivity contribution is -0.281. The Kier molecular flexibility index (Phi) is 10.7. The predicted molar refractivity (Wildman–Crippen MR) is 132 cm³/mol. The number of nitrogens with zero attached hydrogens (tertiary/aromatic N) is 1. The number of ether oxygens (including phenoxy) is 2. The molecule has 3 aromatic carbocycles. The molecule has 4 unspecified atom stereocenters. The first-order valence-corrected chi connectivity index (χ1v) is 11.6. The standard InChI is InChI=1S/C27H28F4N2O2.ClH/c28-26(29)34-24(20-12-6-2-7-13-20)33(25(35-27(30)31)21-14-8-3-9-15-21)22-16-17-23(32-18-22)19-10-4-1-5-11-19;/h1-15,22-27,32H,16-18H2;1H. The molecule has 36 heavy (non-hydrogen) atoms. The van der Waals surface area contributed by atoms with Gasteiger partial charge in [0, 0.05) is 18.6 Å². The fourth-order valence-corrected chi connectivity index (χ4v) is 4.64. The lowest BCUT2D eigenvalue weighted by Gasteiger charge is -2.45. The van der Waals surface area contributed by atoms with E-state index in [0.29, 0.717) is 30.5 Å². The average Bonchev–Trinajstić information content (AvgIpc) is 2.89. The molecular formula is C27H29ClF4N2O2. The number of piperidine rings is 1. The maximum Gasteiger partial charge on any atom is 0.347 e. The summed E-state index contributed by atoms with van der Waals surface area (Å²) in [6, 6.07) is 26.5. The molecule has 0 bridgehead atoms. The van der Waals surface area contributed by atoms with Crippen molar-refractivity contribution in [1.82, 2.24) is 10.2 Å². The van der Waals surface area contributed by atoms with E-state index in [1.165, 1.54) is 4.90 Å². The molecule has 194 valence electrons. The van der Waals surface area contributed by atoms with Crippen molar-refractivity contribution >= 4 is 12.4 Å². The lowest BCUT2D eigenvalue weighted by Crippen LogP contribution is -2.51. The maximum absolute atomic E-state index is 13.7. The van der Waals surface area contributed by atoms with Gasteiger partial charge in [-0.05, 0) is 29.5 Å². The third kappa shape index (κ3) is 7.27. The number of benzene rings is 3. The van der Waals surface area contributed by atoms with Crippen LogP contribution in [0.4, 0.5) is 17.6 Å². The second kappa shape index (κ2) is 13.7. The van der Waals surface area contributed by atoms with Crippen molar-refractivity contribution in [3.63, 3.8) is 0 Å². The summed E-state index contributed by atoms with van der Waals surface area (Å²) in [6.45, 7) is -5.84. The molecule has 1 aliphatic rings. The molecule has 4 atom stereocenters. The van der Waals surface area contributed by atoms with Crippen LogP contribution in [-0.4, -0.2) is 30.7 Å². The number of hydrogen-bond acceptors (Lipinski definition) is 4. The molecule has 1 N–H and O–H groups in total. The van der Waals surface area contributed by atoms with Gasteiger partial charge in [0.1, 0.15) is 12.5 Å². The third-order valence-corrected chi connectivity index (χ3v) is 6.19. The largest absolute Gasteiger partial charge is 0.347 e. The van der Waals surface area contributed by atoms with Gasteiger partial charge >= 0.3 is 13.2 Å². The van der Waals surface area contributed by atoms with E-state index in [-0.39, 0.29) is 18.4 Å². The molecule has 1 saturated heterocycles. The van der Waals surface area contributed by atoms with Gasteiger partial charge in [0.15, 0.2) is 0 Å². The van der Waals surface area contributed by atoms with Gasteiger partial charge in [-0.1, -0.05) is 91.0 Å². The zero-order valence-electron chi connectivity index (χ0n) is 19.4. The minimum atomic E-state index is -3.11. The molecule has 1 heterocycles. The Balaban J connectivity index is 0.00000361. The van der Waals surface area contributed by atoms with Crippen LogP contribution in [0.2, 0.25) is 0 Å². The Labute approximate surface area is 214 Å². The first-order valence-electron chi connectivity index (χ1n) is 11.6. The molecule has 1 aliphatic heterocycles. The maximum atomic E-state index is 13.7. The molecule has 0 aliphatic carbocycles. The zero-order valence-corrected chi connectivity index (χ0v) is 20.2. The lowest BCUT2D eigenvalue weighted by atomic mass is 9.93. The Bertz CT molecular complexity index is 957. The number of alkyl halides is 4. The number of rotatable bonds is 10. The normalized spacial score (nSPS) is 19.8. The Hall–Kier alpha value is -2.49. The summed E-state index contributed by atoms with van der Waals surface area (Å²) < 4.78 is 64.8. The van der Waals surface area contributed by atoms with Crippen molar-refractivity contribution in [2.24, 2.45) is 0 Å². The van der Waals surface area contributed by atoms with Gasteiger partial charge in [-0.3, -0.25) is 9.47 Å². The highest BCUT2D eigenvalue weighted by molar-refractivity contribution is 5.85. The summed E-state index contributed by atoms with van der Waals surface area (Å²) in [5.74, 6) is 0. The van der Waals surface area contributed by atoms with Gasteiger partial charge < -0.3 is 5.32 Å². The van der Waals surface area contributed by atoms with Crippen LogP contribution in [0.5, 0.6) is 0 Å². The summed E-state index contributed by atoms with van der Waals surface area (Å²) in [7, 11) is 0. The second-order valence-corrected chi connectivity index (χ2v) is 8.37. The molecule has 0 amide bonds. The fraction of sp³-hybridized carbons (Fsp3) is 0.333. The van der Waals surface area contributed by atoms with Crippen LogP contribution in [0.25, 0.3) is 0 Å². The molecule has 9 heteroatoms. The highest BCUT2D eigenvalue weighted by Gasteiger charge is 2.40. The van der Waals surface area contributed by atoms with E-state index < -0.39 is 31.7 Å². The van der Waals surface area contributed by atoms with E-state index in [9.17, 15) is 17.6 Å². The smallest absolute Gasteiger partial charge is 0.308 e. The molecule has 0 saturated carbocycles. The number of nitrogens with one attached hydrogen (secondary N) is 1. The molecule has 0 radical (unpaired) electrons. The second-order valence-electron chi connectivity index (χ2n) is 8.37. The van der Waals surface area contributed by atoms with E-state index >= 15 is 0 Å². The summed E-state index contributed by atoms with van der Waals surface area (Å²) in [5.41, 5.74) is 1.97. The van der Waals surface area contributed by atoms with Crippen LogP contribution in [0.1, 0.15) is 48.0 Å². The van der Waals surface area contributed by atoms with E-state index in [4.69, 9.17) is 9.47 Å². The minimum Gasteiger partial charge on any atom is -0.308 e. The third-order valence-electron chi connectivity index (χ3n) is 6.19. The van der Waals surface area contributed by atoms with Crippen molar-refractivity contribution < 1.29 is 27.0 Å². The number of hydrogen-bond donors (Lipinski definition) is 1. The molecule has 4 nitrogen and oxygen atoms in total. The highest BCUT2D eigenvalue weighted by atomic mass is 35.5.